The van der Waals surface area contributed by atoms with Crippen molar-refractivity contribution in [1.29, 1.82) is 0 Å². The van der Waals surface area contributed by atoms with Crippen LogP contribution in [0, 0.1) is 11.8 Å². The minimum absolute atomic E-state index is 0.331. The molecule has 0 spiro atoms. The summed E-state index contributed by atoms with van der Waals surface area (Å²) in [7, 11) is 0. The molecule has 0 N–H and O–H groups in total. The molecular weight excluding hydrogens is 218 g/mol. The van der Waals surface area contributed by atoms with Crippen molar-refractivity contribution in [3.8, 4) is 0 Å². The molecule has 2 aliphatic rings. The first-order chi connectivity index (χ1) is 5.81. The number of alkyl halides is 1. The van der Waals surface area contributed by atoms with Gasteiger partial charge in [-0.3, -0.25) is 4.79 Å². The third kappa shape index (κ3) is 1.65. The maximum absolute atomic E-state index is 11.5. The molecule has 2 unspecified atom stereocenters. The van der Waals surface area contributed by atoms with Gasteiger partial charge in [-0.15, -0.1) is 0 Å². The van der Waals surface area contributed by atoms with Crippen molar-refractivity contribution in [2.75, 3.05) is 18.4 Å². The van der Waals surface area contributed by atoms with E-state index in [4.69, 9.17) is 0 Å². The molecule has 2 nitrogen and oxygen atoms in total. The van der Waals surface area contributed by atoms with Crippen molar-refractivity contribution >= 4 is 21.8 Å². The largest absolute Gasteiger partial charge is 0.342 e. The van der Waals surface area contributed by atoms with Crippen molar-refractivity contribution in [3.63, 3.8) is 0 Å². The van der Waals surface area contributed by atoms with Crippen LogP contribution in [0.2, 0.25) is 0 Å². The van der Waals surface area contributed by atoms with Crippen molar-refractivity contribution in [2.24, 2.45) is 11.8 Å². The number of fused-ring (bicyclic) bond motifs is 1. The number of halogens is 1. The highest BCUT2D eigenvalue weighted by Gasteiger charge is 2.42. The highest BCUT2D eigenvalue weighted by Crippen LogP contribution is 2.44. The average molecular weight is 232 g/mol. The summed E-state index contributed by atoms with van der Waals surface area (Å²) in [5.74, 6) is 2.16. The lowest BCUT2D eigenvalue weighted by atomic mass is 10.1. The molecule has 1 amide bonds. The van der Waals surface area contributed by atoms with Crippen LogP contribution in [-0.2, 0) is 4.79 Å². The second-order valence-electron chi connectivity index (χ2n) is 3.82. The van der Waals surface area contributed by atoms with Gasteiger partial charge in [0.2, 0.25) is 5.91 Å². The van der Waals surface area contributed by atoms with Gasteiger partial charge in [0.1, 0.15) is 0 Å². The number of hydrogen-bond acceptors (Lipinski definition) is 1. The molecule has 12 heavy (non-hydrogen) atoms. The first-order valence-corrected chi connectivity index (χ1v) is 5.77. The lowest BCUT2D eigenvalue weighted by Gasteiger charge is -2.26. The summed E-state index contributed by atoms with van der Waals surface area (Å²) in [6.45, 7) is 2.05. The summed E-state index contributed by atoms with van der Waals surface area (Å²) < 4.78 is 0. The SMILES string of the molecule is O=C(CCBr)N1CCC2CC2C1. The van der Waals surface area contributed by atoms with Crippen molar-refractivity contribution in [1.82, 2.24) is 4.90 Å². The van der Waals surface area contributed by atoms with Crippen LogP contribution in [-0.4, -0.2) is 29.2 Å². The van der Waals surface area contributed by atoms with Crippen LogP contribution in [0.4, 0.5) is 0 Å². The lowest BCUT2D eigenvalue weighted by Crippen LogP contribution is -2.36. The van der Waals surface area contributed by atoms with Gasteiger partial charge in [0.05, 0.1) is 0 Å². The van der Waals surface area contributed by atoms with Gasteiger partial charge < -0.3 is 4.90 Å². The van der Waals surface area contributed by atoms with Gasteiger partial charge in [-0.05, 0) is 24.7 Å². The van der Waals surface area contributed by atoms with Crippen molar-refractivity contribution in [3.05, 3.63) is 0 Å². The van der Waals surface area contributed by atoms with Crippen molar-refractivity contribution < 1.29 is 4.79 Å². The second-order valence-corrected chi connectivity index (χ2v) is 4.62. The molecule has 0 bridgehead atoms. The zero-order chi connectivity index (χ0) is 8.55. The third-order valence-electron chi connectivity index (χ3n) is 2.95. The molecule has 0 aromatic carbocycles. The van der Waals surface area contributed by atoms with E-state index < -0.39 is 0 Å². The normalized spacial score (nSPS) is 32.9. The number of amides is 1. The number of likely N-dealkylation sites (tertiary alicyclic amines) is 1. The van der Waals surface area contributed by atoms with Crippen LogP contribution >= 0.6 is 15.9 Å². The Balaban J connectivity index is 1.83. The summed E-state index contributed by atoms with van der Waals surface area (Å²) in [6, 6.07) is 0. The molecule has 2 fully saturated rings. The summed E-state index contributed by atoms with van der Waals surface area (Å²) in [5.41, 5.74) is 0. The second kappa shape index (κ2) is 3.36. The third-order valence-corrected chi connectivity index (χ3v) is 3.35. The maximum atomic E-state index is 11.5. The van der Waals surface area contributed by atoms with Gasteiger partial charge in [-0.25, -0.2) is 0 Å². The molecule has 2 rings (SSSR count). The summed E-state index contributed by atoms with van der Waals surface area (Å²) in [5, 5.41) is 0.802. The summed E-state index contributed by atoms with van der Waals surface area (Å²) in [4.78, 5) is 13.5. The number of carbonyl (C=O) groups is 1. The zero-order valence-electron chi connectivity index (χ0n) is 7.13. The minimum Gasteiger partial charge on any atom is -0.342 e. The number of nitrogens with zero attached hydrogens (tertiary/aromatic N) is 1. The molecule has 1 saturated carbocycles. The molecule has 1 aliphatic carbocycles. The van der Waals surface area contributed by atoms with E-state index in [1.807, 2.05) is 4.90 Å². The minimum atomic E-state index is 0.331. The standard InChI is InChI=1S/C9H14BrNO/c10-3-1-9(12)11-4-2-7-5-8(7)6-11/h7-8H,1-6H2. The Morgan fingerprint density at radius 3 is 3.00 bits per heavy atom. The Labute approximate surface area is 81.4 Å². The average Bonchev–Trinajstić information content (AvgIpc) is 2.81. The molecule has 0 radical (unpaired) electrons. The van der Waals surface area contributed by atoms with Gasteiger partial charge in [-0.1, -0.05) is 15.9 Å². The Kier molecular flexibility index (Phi) is 2.40. The van der Waals surface area contributed by atoms with Crippen LogP contribution in [0.1, 0.15) is 19.3 Å². The fourth-order valence-corrected chi connectivity index (χ4v) is 2.39. The summed E-state index contributed by atoms with van der Waals surface area (Å²) in [6.07, 6.45) is 3.29. The molecular formula is C9H14BrNO. The van der Waals surface area contributed by atoms with Crippen LogP contribution in [0.25, 0.3) is 0 Å². The number of rotatable bonds is 2. The molecule has 1 heterocycles. The highest BCUT2D eigenvalue weighted by molar-refractivity contribution is 9.09. The predicted molar refractivity (Wildman–Crippen MR) is 51.2 cm³/mol. The quantitative estimate of drug-likeness (QED) is 0.663. The Morgan fingerprint density at radius 2 is 2.33 bits per heavy atom. The van der Waals surface area contributed by atoms with Gasteiger partial charge in [0.25, 0.3) is 0 Å². The first kappa shape index (κ1) is 8.54. The molecule has 0 aromatic heterocycles. The number of piperidine rings is 1. The van der Waals surface area contributed by atoms with Crippen LogP contribution in [0.5, 0.6) is 0 Å². The first-order valence-electron chi connectivity index (χ1n) is 4.65. The smallest absolute Gasteiger partial charge is 0.223 e. The fourth-order valence-electron chi connectivity index (χ4n) is 2.05. The molecule has 1 aliphatic heterocycles. The molecule has 2 atom stereocenters. The molecule has 3 heteroatoms. The predicted octanol–water partition coefficient (Wildman–Crippen LogP) is 1.64. The molecule has 68 valence electrons. The van der Waals surface area contributed by atoms with Gasteiger partial charge in [0, 0.05) is 24.8 Å². The van der Waals surface area contributed by atoms with Crippen LogP contribution in [0.3, 0.4) is 0 Å². The van der Waals surface area contributed by atoms with Crippen molar-refractivity contribution in [2.45, 2.75) is 19.3 Å². The van der Waals surface area contributed by atoms with E-state index in [0.717, 1.165) is 30.3 Å². The maximum Gasteiger partial charge on any atom is 0.223 e. The highest BCUT2D eigenvalue weighted by atomic mass is 79.9. The van der Waals surface area contributed by atoms with Crippen LogP contribution < -0.4 is 0 Å². The molecule has 0 aromatic rings. The Bertz CT molecular complexity index is 195. The topological polar surface area (TPSA) is 20.3 Å². The van der Waals surface area contributed by atoms with E-state index in [9.17, 15) is 4.79 Å². The Hall–Kier alpha value is -0.0500. The van der Waals surface area contributed by atoms with E-state index >= 15 is 0 Å². The lowest BCUT2D eigenvalue weighted by molar-refractivity contribution is -0.131. The van der Waals surface area contributed by atoms with E-state index in [-0.39, 0.29) is 0 Å². The van der Waals surface area contributed by atoms with Gasteiger partial charge in [-0.2, -0.15) is 0 Å². The van der Waals surface area contributed by atoms with E-state index in [2.05, 4.69) is 15.9 Å². The zero-order valence-corrected chi connectivity index (χ0v) is 8.72. The number of hydrogen-bond donors (Lipinski definition) is 0. The van der Waals surface area contributed by atoms with Crippen LogP contribution in [0.15, 0.2) is 0 Å². The van der Waals surface area contributed by atoms with Gasteiger partial charge >= 0.3 is 0 Å². The fraction of sp³-hybridized carbons (Fsp3) is 0.889. The number of carbonyl (C=O) groups excluding carboxylic acids is 1. The van der Waals surface area contributed by atoms with E-state index in [1.54, 1.807) is 0 Å². The monoisotopic (exact) mass is 231 g/mol. The Morgan fingerprint density at radius 1 is 1.50 bits per heavy atom. The summed E-state index contributed by atoms with van der Waals surface area (Å²) >= 11 is 3.29. The molecule has 1 saturated heterocycles. The van der Waals surface area contributed by atoms with E-state index in [1.165, 1.54) is 12.8 Å². The van der Waals surface area contributed by atoms with E-state index in [0.29, 0.717) is 12.3 Å². The van der Waals surface area contributed by atoms with Gasteiger partial charge in [0.15, 0.2) is 0 Å².